The van der Waals surface area contributed by atoms with Crippen LogP contribution >= 0.6 is 0 Å². The first kappa shape index (κ1) is 76.4. The van der Waals surface area contributed by atoms with E-state index in [1.165, 1.54) is 327 Å². The van der Waals surface area contributed by atoms with Crippen molar-refractivity contribution in [2.45, 2.75) is 431 Å². The molecule has 0 spiro atoms. The molecule has 0 N–H and O–H groups in total. The minimum atomic E-state index is -0.762. The van der Waals surface area contributed by atoms with Gasteiger partial charge in [-0.25, -0.2) is 0 Å². The van der Waals surface area contributed by atoms with E-state index >= 15 is 0 Å². The number of carbonyl (C=O) groups excluding carboxylic acids is 3. The van der Waals surface area contributed by atoms with Crippen LogP contribution in [0.1, 0.15) is 425 Å². The van der Waals surface area contributed by atoms with Crippen LogP contribution in [0.3, 0.4) is 0 Å². The van der Waals surface area contributed by atoms with Crippen LogP contribution in [0.15, 0.2) is 0 Å². The highest BCUT2D eigenvalue weighted by molar-refractivity contribution is 5.71. The molecule has 0 fully saturated rings. The number of hydrogen-bond acceptors (Lipinski definition) is 6. The number of carbonyl (C=O) groups is 3. The molecule has 0 aliphatic heterocycles. The van der Waals surface area contributed by atoms with Crippen LogP contribution in [0.5, 0.6) is 0 Å². The maximum absolute atomic E-state index is 12.9. The fraction of sp³-hybridized carbons (Fsp3) is 0.958. The van der Waals surface area contributed by atoms with E-state index in [2.05, 4.69) is 20.8 Å². The van der Waals surface area contributed by atoms with Crippen molar-refractivity contribution >= 4 is 17.9 Å². The lowest BCUT2D eigenvalue weighted by Gasteiger charge is -2.18. The lowest BCUT2D eigenvalue weighted by Crippen LogP contribution is -2.30. The van der Waals surface area contributed by atoms with Gasteiger partial charge in [0.25, 0.3) is 0 Å². The summed E-state index contributed by atoms with van der Waals surface area (Å²) in [6.45, 7) is 6.70. The van der Waals surface area contributed by atoms with E-state index in [0.29, 0.717) is 19.3 Å². The second-order valence-corrected chi connectivity index (χ2v) is 24.9. The van der Waals surface area contributed by atoms with Gasteiger partial charge in [-0.2, -0.15) is 0 Å². The first-order valence-corrected chi connectivity index (χ1v) is 36.0. The van der Waals surface area contributed by atoms with Gasteiger partial charge in [0.15, 0.2) is 6.10 Å². The fourth-order valence-electron chi connectivity index (χ4n) is 11.5. The molecule has 0 aliphatic rings. The summed E-state index contributed by atoms with van der Waals surface area (Å²) in [7, 11) is 0. The zero-order chi connectivity index (χ0) is 56.4. The van der Waals surface area contributed by atoms with Crippen LogP contribution in [0.2, 0.25) is 0 Å². The van der Waals surface area contributed by atoms with E-state index in [-0.39, 0.29) is 31.1 Å². The van der Waals surface area contributed by atoms with Gasteiger partial charge in [0, 0.05) is 19.3 Å². The highest BCUT2D eigenvalue weighted by Gasteiger charge is 2.20. The van der Waals surface area contributed by atoms with E-state index < -0.39 is 6.10 Å². The average Bonchev–Trinajstić information content (AvgIpc) is 3.44. The number of unbranched alkanes of at least 4 members (excludes halogenated alkanes) is 57. The predicted molar refractivity (Wildman–Crippen MR) is 340 cm³/mol. The molecule has 0 rings (SSSR count). The Hall–Kier alpha value is -1.59. The fourth-order valence-corrected chi connectivity index (χ4v) is 11.5. The summed E-state index contributed by atoms with van der Waals surface area (Å²) < 4.78 is 16.9. The van der Waals surface area contributed by atoms with Crippen molar-refractivity contribution in [2.75, 3.05) is 13.2 Å². The number of ether oxygens (including phenoxy) is 3. The van der Waals surface area contributed by atoms with Crippen molar-refractivity contribution in [2.24, 2.45) is 0 Å². The zero-order valence-corrected chi connectivity index (χ0v) is 53.5. The molecule has 0 heterocycles. The third-order valence-corrected chi connectivity index (χ3v) is 16.9. The average molecular weight is 1100 g/mol. The summed E-state index contributed by atoms with van der Waals surface area (Å²) >= 11 is 0. The molecule has 1 atom stereocenters. The molecule has 0 bridgehead atoms. The molecule has 0 saturated heterocycles. The van der Waals surface area contributed by atoms with Gasteiger partial charge < -0.3 is 14.2 Å². The van der Waals surface area contributed by atoms with Crippen molar-refractivity contribution in [3.63, 3.8) is 0 Å². The molecule has 6 heteroatoms. The lowest BCUT2D eigenvalue weighted by molar-refractivity contribution is -0.167. The third kappa shape index (κ3) is 65.2. The van der Waals surface area contributed by atoms with Crippen molar-refractivity contribution in [1.29, 1.82) is 0 Å². The largest absolute Gasteiger partial charge is 0.462 e. The van der Waals surface area contributed by atoms with Gasteiger partial charge in [-0.3, -0.25) is 14.4 Å². The smallest absolute Gasteiger partial charge is 0.306 e. The maximum atomic E-state index is 12.9. The van der Waals surface area contributed by atoms with Crippen LogP contribution in [-0.2, 0) is 28.6 Å². The van der Waals surface area contributed by atoms with Crippen LogP contribution in [0.25, 0.3) is 0 Å². The Kier molecular flexibility index (Phi) is 66.5. The maximum Gasteiger partial charge on any atom is 0.306 e. The summed E-state index contributed by atoms with van der Waals surface area (Å²) in [4.78, 5) is 38.2. The van der Waals surface area contributed by atoms with Crippen molar-refractivity contribution < 1.29 is 28.6 Å². The lowest BCUT2D eigenvalue weighted by atomic mass is 10.0. The second kappa shape index (κ2) is 67.9. The Morgan fingerprint density at radius 2 is 0.346 bits per heavy atom. The number of esters is 3. The molecule has 0 aromatic rings. The minimum Gasteiger partial charge on any atom is -0.462 e. The van der Waals surface area contributed by atoms with E-state index in [9.17, 15) is 14.4 Å². The van der Waals surface area contributed by atoms with Gasteiger partial charge in [0.2, 0.25) is 0 Å². The molecule has 1 unspecified atom stereocenters. The Balaban J connectivity index is 3.97. The summed E-state index contributed by atoms with van der Waals surface area (Å²) in [5, 5.41) is 0. The third-order valence-electron chi connectivity index (χ3n) is 16.9. The Labute approximate surface area is 488 Å². The molecular weight excluding hydrogens is 961 g/mol. The molecule has 0 aliphatic carbocycles. The van der Waals surface area contributed by atoms with Gasteiger partial charge in [0.05, 0.1) is 0 Å². The van der Waals surface area contributed by atoms with E-state index in [1.54, 1.807) is 0 Å². The normalized spacial score (nSPS) is 11.9. The molecule has 0 radical (unpaired) electrons. The van der Waals surface area contributed by atoms with E-state index in [1.807, 2.05) is 0 Å². The van der Waals surface area contributed by atoms with Gasteiger partial charge in [-0.1, -0.05) is 387 Å². The minimum absolute atomic E-state index is 0.0612. The van der Waals surface area contributed by atoms with Crippen LogP contribution in [0.4, 0.5) is 0 Å². The molecule has 0 aromatic heterocycles. The summed E-state index contributed by atoms with van der Waals surface area (Å²) in [6.07, 6.45) is 80.4. The Bertz CT molecular complexity index is 1170. The molecule has 0 saturated carbocycles. The van der Waals surface area contributed by atoms with E-state index in [4.69, 9.17) is 14.2 Å². The molecule has 464 valence electrons. The summed E-state index contributed by atoms with van der Waals surface area (Å²) in [5.41, 5.74) is 0. The van der Waals surface area contributed by atoms with Crippen molar-refractivity contribution in [1.82, 2.24) is 0 Å². The highest BCUT2D eigenvalue weighted by atomic mass is 16.6. The van der Waals surface area contributed by atoms with Crippen molar-refractivity contribution in [3.8, 4) is 0 Å². The first-order valence-electron chi connectivity index (χ1n) is 36.0. The predicted octanol–water partition coefficient (Wildman–Crippen LogP) is 24.6. The monoisotopic (exact) mass is 1100 g/mol. The Morgan fingerprint density at radius 1 is 0.205 bits per heavy atom. The SMILES string of the molecule is CCCCCCCCCCCCCCCCCCCCCCCCCCCCCCC(=O)OCC(COC(=O)CCCCCCCCC)OC(=O)CCCCCCCCCCCCCCCCCCCCCCCCCCC. The van der Waals surface area contributed by atoms with Gasteiger partial charge in [-0.05, 0) is 19.3 Å². The highest BCUT2D eigenvalue weighted by Crippen LogP contribution is 2.20. The standard InChI is InChI=1S/C72H140O6/c1-4-7-10-13-16-18-20-22-24-26-28-30-32-34-35-36-38-39-41-43-45-47-49-51-53-56-59-62-65-71(74)77-68-69(67-76-70(73)64-61-58-55-15-12-9-6-3)78-72(75)66-63-60-57-54-52-50-48-46-44-42-40-37-33-31-29-27-25-23-21-19-17-14-11-8-5-2/h69H,4-68H2,1-3H3. The zero-order valence-electron chi connectivity index (χ0n) is 53.5. The van der Waals surface area contributed by atoms with Crippen LogP contribution in [-0.4, -0.2) is 37.2 Å². The van der Waals surface area contributed by atoms with Crippen molar-refractivity contribution in [3.05, 3.63) is 0 Å². The van der Waals surface area contributed by atoms with Crippen LogP contribution in [0, 0.1) is 0 Å². The van der Waals surface area contributed by atoms with Gasteiger partial charge >= 0.3 is 17.9 Å². The topological polar surface area (TPSA) is 78.9 Å². The van der Waals surface area contributed by atoms with E-state index in [0.717, 1.165) is 57.8 Å². The number of hydrogen-bond donors (Lipinski definition) is 0. The molecule has 0 aromatic carbocycles. The van der Waals surface area contributed by atoms with Gasteiger partial charge in [0.1, 0.15) is 13.2 Å². The summed E-state index contributed by atoms with van der Waals surface area (Å²) in [5.74, 6) is -0.832. The molecular formula is C72H140O6. The van der Waals surface area contributed by atoms with Gasteiger partial charge in [-0.15, -0.1) is 0 Å². The first-order chi connectivity index (χ1) is 38.5. The molecule has 0 amide bonds. The quantitative estimate of drug-likeness (QED) is 0.0343. The Morgan fingerprint density at radius 3 is 0.513 bits per heavy atom. The molecule has 6 nitrogen and oxygen atoms in total. The summed E-state index contributed by atoms with van der Waals surface area (Å²) in [6, 6.07) is 0. The molecule has 78 heavy (non-hydrogen) atoms. The number of rotatable bonds is 68. The second-order valence-electron chi connectivity index (χ2n) is 24.9. The van der Waals surface area contributed by atoms with Crippen LogP contribution < -0.4 is 0 Å².